The molecule has 0 amide bonds. The van der Waals surface area contributed by atoms with E-state index >= 15 is 0 Å². The summed E-state index contributed by atoms with van der Waals surface area (Å²) in [5.41, 5.74) is 3.37. The minimum atomic E-state index is 0.192. The Hall–Kier alpha value is -0.0800. The van der Waals surface area contributed by atoms with Crippen LogP contribution in [0.15, 0.2) is 21.2 Å². The molecule has 3 saturated carbocycles. The summed E-state index contributed by atoms with van der Waals surface area (Å²) in [5.74, 6) is 3.25. The molecule has 0 aliphatic heterocycles. The Bertz CT molecular complexity index is 578. The fourth-order valence-corrected chi connectivity index (χ4v) is 7.34. The van der Waals surface area contributed by atoms with Crippen LogP contribution in [0.2, 0.25) is 0 Å². The number of ketones is 1. The van der Waals surface area contributed by atoms with E-state index < -0.39 is 0 Å². The van der Waals surface area contributed by atoms with Gasteiger partial charge in [-0.25, -0.2) is 0 Å². The van der Waals surface area contributed by atoms with E-state index in [0.717, 1.165) is 30.6 Å². The van der Waals surface area contributed by atoms with E-state index in [2.05, 4.69) is 27.8 Å². The number of allylic oxidation sites excluding steroid dienone is 2. The third kappa shape index (κ3) is 2.05. The fraction of sp³-hybridized carbons (Fsp3) is 0.737. The van der Waals surface area contributed by atoms with E-state index in [9.17, 15) is 4.79 Å². The summed E-state index contributed by atoms with van der Waals surface area (Å²) in [6.45, 7) is 2.50. The molecule has 120 valence electrons. The van der Waals surface area contributed by atoms with Gasteiger partial charge in [-0.05, 0) is 84.6 Å². The van der Waals surface area contributed by atoms with Gasteiger partial charge in [0.25, 0.3) is 0 Å². The van der Waals surface area contributed by atoms with Gasteiger partial charge in [-0.3, -0.25) is 4.79 Å². The van der Waals surface area contributed by atoms with Gasteiger partial charge in [0.05, 0.1) is 5.03 Å². The number of hydrogen-bond acceptors (Lipinski definition) is 1. The Labute approximate surface area is 146 Å². The summed E-state index contributed by atoms with van der Waals surface area (Å²) in [6, 6.07) is 0. The summed E-state index contributed by atoms with van der Waals surface area (Å²) in [6.07, 6.45) is 9.28. The molecule has 22 heavy (non-hydrogen) atoms. The molecule has 4 aliphatic carbocycles. The zero-order valence-electron chi connectivity index (χ0n) is 13.2. The van der Waals surface area contributed by atoms with Crippen molar-refractivity contribution < 1.29 is 4.79 Å². The third-order valence-electron chi connectivity index (χ3n) is 7.39. The van der Waals surface area contributed by atoms with Crippen molar-refractivity contribution in [2.75, 3.05) is 0 Å². The third-order valence-corrected chi connectivity index (χ3v) is 8.40. The van der Waals surface area contributed by atoms with Gasteiger partial charge in [0.1, 0.15) is 0 Å². The molecule has 3 fully saturated rings. The maximum absolute atomic E-state index is 11.9. The van der Waals surface area contributed by atoms with E-state index in [4.69, 9.17) is 11.6 Å². The van der Waals surface area contributed by atoms with Crippen LogP contribution in [0.3, 0.4) is 0 Å². The molecule has 0 spiro atoms. The summed E-state index contributed by atoms with van der Waals surface area (Å²) < 4.78 is 0. The fourth-order valence-electron chi connectivity index (χ4n) is 6.26. The van der Waals surface area contributed by atoms with Gasteiger partial charge in [0.15, 0.2) is 5.78 Å². The van der Waals surface area contributed by atoms with Gasteiger partial charge in [-0.1, -0.05) is 40.0 Å². The van der Waals surface area contributed by atoms with Crippen molar-refractivity contribution in [3.63, 3.8) is 0 Å². The molecule has 0 aromatic rings. The minimum absolute atomic E-state index is 0.192. The molecule has 3 heteroatoms. The zero-order chi connectivity index (χ0) is 15.5. The Morgan fingerprint density at radius 3 is 2.73 bits per heavy atom. The second kappa shape index (κ2) is 5.48. The first kappa shape index (κ1) is 15.4. The summed E-state index contributed by atoms with van der Waals surface area (Å²) in [5, 5.41) is 0.607. The lowest BCUT2D eigenvalue weighted by Crippen LogP contribution is -2.45. The highest BCUT2D eigenvalue weighted by Gasteiger charge is 2.54. The van der Waals surface area contributed by atoms with Crippen LogP contribution in [0.1, 0.15) is 58.3 Å². The van der Waals surface area contributed by atoms with Crippen LogP contribution in [-0.4, -0.2) is 5.78 Å². The molecule has 0 aromatic carbocycles. The number of fused-ring (bicyclic) bond motifs is 5. The minimum Gasteiger partial charge on any atom is -0.293 e. The zero-order valence-corrected chi connectivity index (χ0v) is 15.5. The van der Waals surface area contributed by atoms with Crippen LogP contribution in [0.5, 0.6) is 0 Å². The van der Waals surface area contributed by atoms with Crippen LogP contribution in [0, 0.1) is 29.1 Å². The van der Waals surface area contributed by atoms with E-state index in [1.165, 1.54) is 37.7 Å². The molecule has 0 radical (unpaired) electrons. The van der Waals surface area contributed by atoms with E-state index in [-0.39, 0.29) is 5.78 Å². The van der Waals surface area contributed by atoms with Crippen molar-refractivity contribution in [3.05, 3.63) is 21.2 Å². The highest BCUT2D eigenvalue weighted by molar-refractivity contribution is 9.11. The van der Waals surface area contributed by atoms with Gasteiger partial charge in [0.2, 0.25) is 0 Å². The van der Waals surface area contributed by atoms with Crippen molar-refractivity contribution >= 4 is 33.3 Å². The van der Waals surface area contributed by atoms with Gasteiger partial charge in [0, 0.05) is 6.42 Å². The molecule has 0 saturated heterocycles. The number of rotatable bonds is 0. The Balaban J connectivity index is 1.66. The lowest BCUT2D eigenvalue weighted by Gasteiger charge is -2.53. The molecule has 0 bridgehead atoms. The maximum atomic E-state index is 11.9. The monoisotopic (exact) mass is 382 g/mol. The maximum Gasteiger partial charge on any atom is 0.174 e. The molecule has 4 rings (SSSR count). The first-order chi connectivity index (χ1) is 10.6. The molecule has 4 aliphatic rings. The van der Waals surface area contributed by atoms with Gasteiger partial charge in [-0.2, -0.15) is 0 Å². The summed E-state index contributed by atoms with van der Waals surface area (Å²) in [7, 11) is 0. The lowest BCUT2D eigenvalue weighted by molar-refractivity contribution is -0.116. The highest BCUT2D eigenvalue weighted by Crippen LogP contribution is 2.63. The standard InChI is InChI=1S/C19H24BrClO/c1-19-9-8-13-12-5-7-17(22)18(21)15(12)4-3-14(13)16(19)6-2-11(19)10-20/h10,12-14,16H,2-9H2,1H3/b11-10+/t12?,13?,14?,16?,19-/m1/s1. The normalized spacial score (nSPS) is 46.5. The number of carbonyl (C=O) groups excluding carboxylic acids is 1. The van der Waals surface area contributed by atoms with E-state index in [1.54, 1.807) is 5.57 Å². The van der Waals surface area contributed by atoms with E-state index in [1.807, 2.05) is 0 Å². The first-order valence-electron chi connectivity index (χ1n) is 8.77. The second-order valence-electron chi connectivity index (χ2n) is 8.01. The van der Waals surface area contributed by atoms with Gasteiger partial charge < -0.3 is 0 Å². The van der Waals surface area contributed by atoms with Crippen molar-refractivity contribution in [1.82, 2.24) is 0 Å². The molecule has 0 N–H and O–H groups in total. The quantitative estimate of drug-likeness (QED) is 0.503. The van der Waals surface area contributed by atoms with Crippen LogP contribution in [0.25, 0.3) is 0 Å². The molecule has 0 heterocycles. The largest absolute Gasteiger partial charge is 0.293 e. The van der Waals surface area contributed by atoms with Gasteiger partial charge in [-0.15, -0.1) is 0 Å². The lowest BCUT2D eigenvalue weighted by atomic mass is 9.52. The molecular weight excluding hydrogens is 360 g/mol. The van der Waals surface area contributed by atoms with Crippen LogP contribution < -0.4 is 0 Å². The second-order valence-corrected chi connectivity index (χ2v) is 8.85. The molecule has 5 atom stereocenters. The number of Topliss-reactive ketones (excluding diaryl/α,β-unsaturated/α-hetero) is 1. The summed E-state index contributed by atoms with van der Waals surface area (Å²) >= 11 is 9.98. The molecule has 4 unspecified atom stereocenters. The van der Waals surface area contributed by atoms with Gasteiger partial charge >= 0.3 is 0 Å². The molecule has 1 nitrogen and oxygen atoms in total. The Morgan fingerprint density at radius 1 is 1.14 bits per heavy atom. The highest BCUT2D eigenvalue weighted by atomic mass is 79.9. The predicted octanol–water partition coefficient (Wildman–Crippen LogP) is 5.97. The van der Waals surface area contributed by atoms with Crippen molar-refractivity contribution in [3.8, 4) is 0 Å². The number of carbonyl (C=O) groups is 1. The number of hydrogen-bond donors (Lipinski definition) is 0. The summed E-state index contributed by atoms with van der Waals surface area (Å²) in [4.78, 5) is 14.1. The SMILES string of the molecule is C[C@]12CCC3C4CCC(=O)C(Cl)=C4CCC3C1CC/C2=C\Br. The van der Waals surface area contributed by atoms with Crippen LogP contribution in [-0.2, 0) is 4.79 Å². The first-order valence-corrected chi connectivity index (χ1v) is 10.1. The number of halogens is 2. The average molecular weight is 384 g/mol. The van der Waals surface area contributed by atoms with Crippen molar-refractivity contribution in [2.45, 2.75) is 58.3 Å². The average Bonchev–Trinajstić information content (AvgIpc) is 2.87. The topological polar surface area (TPSA) is 17.1 Å². The van der Waals surface area contributed by atoms with E-state index in [0.29, 0.717) is 22.8 Å². The Morgan fingerprint density at radius 2 is 1.95 bits per heavy atom. The Kier molecular flexibility index (Phi) is 3.85. The van der Waals surface area contributed by atoms with Crippen molar-refractivity contribution in [1.29, 1.82) is 0 Å². The molecular formula is C19H24BrClO. The van der Waals surface area contributed by atoms with Crippen LogP contribution >= 0.6 is 27.5 Å². The molecule has 0 aromatic heterocycles. The van der Waals surface area contributed by atoms with Crippen LogP contribution in [0.4, 0.5) is 0 Å². The predicted molar refractivity (Wildman–Crippen MR) is 93.9 cm³/mol. The smallest absolute Gasteiger partial charge is 0.174 e. The van der Waals surface area contributed by atoms with Crippen molar-refractivity contribution in [2.24, 2.45) is 29.1 Å².